The molecule has 1 aromatic heterocycles. The molecular weight excluding hydrogens is 223 g/mol. The number of H-pyrrole nitrogens is 1. The number of hydrogen-bond acceptors (Lipinski definition) is 3. The maximum absolute atomic E-state index is 13.2. The van der Waals surface area contributed by atoms with Crippen molar-refractivity contribution in [3.63, 3.8) is 0 Å². The Labute approximate surface area is 95.9 Å². The van der Waals surface area contributed by atoms with E-state index < -0.39 is 11.7 Å². The van der Waals surface area contributed by atoms with Crippen LogP contribution in [0.25, 0.3) is 0 Å². The number of carbonyl (C=O) groups excluding carboxylic acids is 1. The van der Waals surface area contributed by atoms with Crippen molar-refractivity contribution in [2.45, 2.75) is 0 Å². The van der Waals surface area contributed by atoms with Gasteiger partial charge < -0.3 is 5.32 Å². The van der Waals surface area contributed by atoms with Gasteiger partial charge in [-0.3, -0.25) is 9.89 Å². The minimum atomic E-state index is -0.671. The van der Waals surface area contributed by atoms with E-state index in [0.29, 0.717) is 0 Å². The van der Waals surface area contributed by atoms with Crippen LogP contribution >= 0.6 is 0 Å². The molecule has 17 heavy (non-hydrogen) atoms. The monoisotopic (exact) mass is 230 g/mol. The molecule has 0 aliphatic heterocycles. The lowest BCUT2D eigenvalue weighted by atomic mass is 10.2. The van der Waals surface area contributed by atoms with Gasteiger partial charge in [0.15, 0.2) is 0 Å². The molecular formula is C11H7FN4O. The van der Waals surface area contributed by atoms with E-state index in [1.54, 1.807) is 6.07 Å². The summed E-state index contributed by atoms with van der Waals surface area (Å²) in [5, 5.41) is 17.3. The van der Waals surface area contributed by atoms with Crippen molar-refractivity contribution in [1.29, 1.82) is 5.26 Å². The number of nitrogens with zero attached hydrogens (tertiary/aromatic N) is 2. The number of halogens is 1. The van der Waals surface area contributed by atoms with Gasteiger partial charge >= 0.3 is 0 Å². The molecule has 2 aromatic rings. The van der Waals surface area contributed by atoms with E-state index in [1.807, 2.05) is 0 Å². The van der Waals surface area contributed by atoms with Crippen molar-refractivity contribution in [3.05, 3.63) is 47.5 Å². The third-order valence-corrected chi connectivity index (χ3v) is 2.12. The van der Waals surface area contributed by atoms with Gasteiger partial charge in [-0.25, -0.2) is 4.39 Å². The number of hydrogen-bond donors (Lipinski definition) is 2. The predicted octanol–water partition coefficient (Wildman–Crippen LogP) is 1.67. The third kappa shape index (κ3) is 2.13. The first kappa shape index (κ1) is 10.8. The minimum Gasteiger partial charge on any atom is -0.319 e. The zero-order chi connectivity index (χ0) is 12.3. The third-order valence-electron chi connectivity index (χ3n) is 2.12. The Morgan fingerprint density at radius 3 is 2.94 bits per heavy atom. The standard InChI is InChI=1S/C11H7FN4O/c12-8-2-1-3-9(7(8)6-13)15-11(17)10-4-5-14-16-10/h1-5H,(H,14,16)(H,15,17). The van der Waals surface area contributed by atoms with E-state index in [0.717, 1.165) is 6.07 Å². The molecule has 2 N–H and O–H groups in total. The molecule has 5 nitrogen and oxygen atoms in total. The Kier molecular flexibility index (Phi) is 2.83. The molecule has 1 heterocycles. The summed E-state index contributed by atoms with van der Waals surface area (Å²) in [7, 11) is 0. The number of nitrogens with one attached hydrogen (secondary N) is 2. The van der Waals surface area contributed by atoms with Gasteiger partial charge in [-0.15, -0.1) is 0 Å². The summed E-state index contributed by atoms with van der Waals surface area (Å²) in [5.41, 5.74) is 0.172. The van der Waals surface area contributed by atoms with Crippen molar-refractivity contribution >= 4 is 11.6 Å². The topological polar surface area (TPSA) is 81.6 Å². The molecule has 2 rings (SSSR count). The van der Waals surface area contributed by atoms with E-state index in [1.165, 1.54) is 24.4 Å². The maximum atomic E-state index is 13.2. The Morgan fingerprint density at radius 1 is 1.47 bits per heavy atom. The van der Waals surface area contributed by atoms with Gasteiger partial charge in [-0.05, 0) is 18.2 Å². The number of rotatable bonds is 2. The summed E-state index contributed by atoms with van der Waals surface area (Å²) < 4.78 is 13.2. The van der Waals surface area contributed by atoms with Gasteiger partial charge in [0, 0.05) is 6.20 Å². The van der Waals surface area contributed by atoms with Crippen molar-refractivity contribution < 1.29 is 9.18 Å². The fraction of sp³-hybridized carbons (Fsp3) is 0. The second-order valence-electron chi connectivity index (χ2n) is 3.20. The average Bonchev–Trinajstić information content (AvgIpc) is 2.82. The second-order valence-corrected chi connectivity index (χ2v) is 3.20. The van der Waals surface area contributed by atoms with Crippen LogP contribution in [-0.2, 0) is 0 Å². The molecule has 0 fully saturated rings. The molecule has 0 atom stereocenters. The summed E-state index contributed by atoms with van der Waals surface area (Å²) in [6, 6.07) is 7.20. The zero-order valence-corrected chi connectivity index (χ0v) is 8.57. The first-order chi connectivity index (χ1) is 8.22. The normalized spacial score (nSPS) is 9.65. The lowest BCUT2D eigenvalue weighted by Gasteiger charge is -2.05. The van der Waals surface area contributed by atoms with E-state index in [9.17, 15) is 9.18 Å². The summed E-state index contributed by atoms with van der Waals surface area (Å²) in [5.74, 6) is -1.15. The number of aromatic nitrogens is 2. The van der Waals surface area contributed by atoms with Gasteiger partial charge in [0.2, 0.25) is 0 Å². The molecule has 84 valence electrons. The van der Waals surface area contributed by atoms with Crippen molar-refractivity contribution in [1.82, 2.24) is 10.2 Å². The average molecular weight is 230 g/mol. The summed E-state index contributed by atoms with van der Waals surface area (Å²) in [6.45, 7) is 0. The molecule has 0 saturated heterocycles. The first-order valence-corrected chi connectivity index (χ1v) is 4.71. The Balaban J connectivity index is 2.29. The Hall–Kier alpha value is -2.68. The quantitative estimate of drug-likeness (QED) is 0.823. The van der Waals surface area contributed by atoms with Crippen molar-refractivity contribution in [2.24, 2.45) is 0 Å². The highest BCUT2D eigenvalue weighted by atomic mass is 19.1. The summed E-state index contributed by atoms with van der Waals surface area (Å²) >= 11 is 0. The Morgan fingerprint density at radius 2 is 2.29 bits per heavy atom. The maximum Gasteiger partial charge on any atom is 0.273 e. The van der Waals surface area contributed by atoms with Gasteiger partial charge in [-0.2, -0.15) is 10.4 Å². The van der Waals surface area contributed by atoms with E-state index >= 15 is 0 Å². The summed E-state index contributed by atoms with van der Waals surface area (Å²) in [4.78, 5) is 11.6. The van der Waals surface area contributed by atoms with Crippen LogP contribution in [0.4, 0.5) is 10.1 Å². The highest BCUT2D eigenvalue weighted by molar-refractivity contribution is 6.03. The van der Waals surface area contributed by atoms with Crippen LogP contribution in [0.5, 0.6) is 0 Å². The highest BCUT2D eigenvalue weighted by Gasteiger charge is 2.12. The fourth-order valence-corrected chi connectivity index (χ4v) is 1.31. The van der Waals surface area contributed by atoms with Gasteiger partial charge in [0.05, 0.1) is 5.69 Å². The predicted molar refractivity (Wildman–Crippen MR) is 57.7 cm³/mol. The van der Waals surface area contributed by atoms with Gasteiger partial charge in [0.1, 0.15) is 23.1 Å². The molecule has 0 bridgehead atoms. The highest BCUT2D eigenvalue weighted by Crippen LogP contribution is 2.18. The SMILES string of the molecule is N#Cc1c(F)cccc1NC(=O)c1ccn[nH]1. The molecule has 0 spiro atoms. The van der Waals surface area contributed by atoms with Crippen LogP contribution in [0.2, 0.25) is 0 Å². The van der Waals surface area contributed by atoms with Crippen LogP contribution in [-0.4, -0.2) is 16.1 Å². The van der Waals surface area contributed by atoms with Crippen LogP contribution in [0.15, 0.2) is 30.5 Å². The molecule has 6 heteroatoms. The Bertz CT molecular complexity index is 586. The fourth-order valence-electron chi connectivity index (χ4n) is 1.31. The zero-order valence-electron chi connectivity index (χ0n) is 8.57. The number of amides is 1. The van der Waals surface area contributed by atoms with E-state index in [-0.39, 0.29) is 16.9 Å². The molecule has 0 radical (unpaired) electrons. The number of nitriles is 1. The smallest absolute Gasteiger partial charge is 0.273 e. The minimum absolute atomic E-state index is 0.132. The molecule has 1 aromatic carbocycles. The molecule has 1 amide bonds. The number of carbonyl (C=O) groups is 1. The van der Waals surface area contributed by atoms with Crippen molar-refractivity contribution in [2.75, 3.05) is 5.32 Å². The van der Waals surface area contributed by atoms with Gasteiger partial charge in [-0.1, -0.05) is 6.07 Å². The van der Waals surface area contributed by atoms with Crippen LogP contribution in [0.3, 0.4) is 0 Å². The molecule has 0 aliphatic rings. The lowest BCUT2D eigenvalue weighted by molar-refractivity contribution is 0.102. The summed E-state index contributed by atoms with van der Waals surface area (Å²) in [6.07, 6.45) is 1.42. The second kappa shape index (κ2) is 4.45. The number of aromatic amines is 1. The van der Waals surface area contributed by atoms with Crippen LogP contribution < -0.4 is 5.32 Å². The number of anilines is 1. The van der Waals surface area contributed by atoms with Gasteiger partial charge in [0.25, 0.3) is 5.91 Å². The first-order valence-electron chi connectivity index (χ1n) is 4.71. The van der Waals surface area contributed by atoms with Crippen molar-refractivity contribution in [3.8, 4) is 6.07 Å². The molecule has 0 saturated carbocycles. The van der Waals surface area contributed by atoms with Crippen LogP contribution in [0, 0.1) is 17.1 Å². The van der Waals surface area contributed by atoms with Crippen LogP contribution in [0.1, 0.15) is 16.1 Å². The van der Waals surface area contributed by atoms with E-state index in [2.05, 4.69) is 15.5 Å². The molecule has 0 unspecified atom stereocenters. The number of benzene rings is 1. The molecule has 0 aliphatic carbocycles. The van der Waals surface area contributed by atoms with E-state index in [4.69, 9.17) is 5.26 Å². The largest absolute Gasteiger partial charge is 0.319 e. The lowest BCUT2D eigenvalue weighted by Crippen LogP contribution is -2.13.